The van der Waals surface area contributed by atoms with Crippen LogP contribution in [0.15, 0.2) is 24.4 Å². The highest BCUT2D eigenvalue weighted by atomic mass is 19.1. The summed E-state index contributed by atoms with van der Waals surface area (Å²) in [5.41, 5.74) is 0.852. The molecule has 0 saturated heterocycles. The van der Waals surface area contributed by atoms with Crippen molar-refractivity contribution >= 4 is 11.8 Å². The number of rotatable bonds is 3. The summed E-state index contributed by atoms with van der Waals surface area (Å²) in [6, 6.07) is 4.54. The zero-order valence-corrected chi connectivity index (χ0v) is 11.3. The van der Waals surface area contributed by atoms with Crippen LogP contribution in [0, 0.1) is 5.82 Å². The van der Waals surface area contributed by atoms with E-state index in [0.717, 1.165) is 5.56 Å². The fourth-order valence-corrected chi connectivity index (χ4v) is 2.58. The standard InChI is InChI=1S/C14H14FN3O3/c1-21-12-3-2-8(6-10(12)15)11-4-5-16-13-9(14(19)20)7-17-18(11)13/h2-3,6-7,11,16H,4-5H2,1H3,(H,19,20). The number of hydrogen-bond acceptors (Lipinski definition) is 4. The number of carbonyl (C=O) groups is 1. The smallest absolute Gasteiger partial charge is 0.341 e. The Morgan fingerprint density at radius 3 is 3.05 bits per heavy atom. The molecule has 2 N–H and O–H groups in total. The van der Waals surface area contributed by atoms with Crippen LogP contribution in [0.25, 0.3) is 0 Å². The molecule has 0 fully saturated rings. The minimum Gasteiger partial charge on any atom is -0.494 e. The van der Waals surface area contributed by atoms with E-state index < -0.39 is 11.8 Å². The molecule has 1 aliphatic rings. The summed E-state index contributed by atoms with van der Waals surface area (Å²) in [5.74, 6) is -0.847. The van der Waals surface area contributed by atoms with Crippen LogP contribution in [0.4, 0.5) is 10.2 Å². The zero-order valence-electron chi connectivity index (χ0n) is 11.3. The van der Waals surface area contributed by atoms with E-state index in [1.54, 1.807) is 16.8 Å². The van der Waals surface area contributed by atoms with Gasteiger partial charge in [-0.25, -0.2) is 13.9 Å². The van der Waals surface area contributed by atoms with Crippen LogP contribution in [-0.2, 0) is 0 Å². The maximum atomic E-state index is 13.9. The number of anilines is 1. The Morgan fingerprint density at radius 1 is 1.57 bits per heavy atom. The van der Waals surface area contributed by atoms with Crippen LogP contribution in [0.1, 0.15) is 28.4 Å². The van der Waals surface area contributed by atoms with Crippen LogP contribution in [0.5, 0.6) is 5.75 Å². The Bertz CT molecular complexity index is 699. The fourth-order valence-electron chi connectivity index (χ4n) is 2.58. The van der Waals surface area contributed by atoms with Gasteiger partial charge in [-0.2, -0.15) is 5.10 Å². The van der Waals surface area contributed by atoms with Gasteiger partial charge >= 0.3 is 5.97 Å². The lowest BCUT2D eigenvalue weighted by Gasteiger charge is -2.26. The van der Waals surface area contributed by atoms with Gasteiger partial charge in [0, 0.05) is 6.54 Å². The van der Waals surface area contributed by atoms with Crippen LogP contribution in [0.2, 0.25) is 0 Å². The largest absolute Gasteiger partial charge is 0.494 e. The van der Waals surface area contributed by atoms with Crippen molar-refractivity contribution in [3.05, 3.63) is 41.3 Å². The molecule has 1 aromatic heterocycles. The maximum absolute atomic E-state index is 13.9. The van der Waals surface area contributed by atoms with Gasteiger partial charge in [0.25, 0.3) is 0 Å². The van der Waals surface area contributed by atoms with Crippen molar-refractivity contribution in [1.29, 1.82) is 0 Å². The molecule has 1 unspecified atom stereocenters. The van der Waals surface area contributed by atoms with Crippen molar-refractivity contribution in [2.45, 2.75) is 12.5 Å². The highest BCUT2D eigenvalue weighted by Gasteiger charge is 2.27. The number of fused-ring (bicyclic) bond motifs is 1. The number of halogens is 1. The highest BCUT2D eigenvalue weighted by Crippen LogP contribution is 2.32. The third-order valence-corrected chi connectivity index (χ3v) is 3.59. The van der Waals surface area contributed by atoms with E-state index in [1.807, 2.05) is 0 Å². The summed E-state index contributed by atoms with van der Waals surface area (Å²) in [7, 11) is 1.41. The summed E-state index contributed by atoms with van der Waals surface area (Å²) >= 11 is 0. The lowest BCUT2D eigenvalue weighted by Crippen LogP contribution is -2.25. The van der Waals surface area contributed by atoms with Crippen molar-refractivity contribution in [2.75, 3.05) is 19.0 Å². The fraction of sp³-hybridized carbons (Fsp3) is 0.286. The molecule has 7 heteroatoms. The van der Waals surface area contributed by atoms with Crippen LogP contribution < -0.4 is 10.1 Å². The summed E-state index contributed by atoms with van der Waals surface area (Å²) in [6.07, 6.45) is 2.00. The molecule has 3 rings (SSSR count). The number of nitrogens with zero attached hydrogens (tertiary/aromatic N) is 2. The number of aromatic nitrogens is 2. The monoisotopic (exact) mass is 291 g/mol. The zero-order chi connectivity index (χ0) is 15.0. The maximum Gasteiger partial charge on any atom is 0.341 e. The first-order valence-corrected chi connectivity index (χ1v) is 6.50. The molecular weight excluding hydrogens is 277 g/mol. The SMILES string of the molecule is COc1ccc(C2CCNc3c(C(=O)O)cnn32)cc1F. The Morgan fingerprint density at radius 2 is 2.38 bits per heavy atom. The molecular formula is C14H14FN3O3. The average Bonchev–Trinajstić information content (AvgIpc) is 2.91. The van der Waals surface area contributed by atoms with Crippen molar-refractivity contribution in [1.82, 2.24) is 9.78 Å². The molecule has 0 aliphatic carbocycles. The molecule has 0 radical (unpaired) electrons. The van der Waals surface area contributed by atoms with Crippen LogP contribution >= 0.6 is 0 Å². The second kappa shape index (κ2) is 5.08. The lowest BCUT2D eigenvalue weighted by atomic mass is 10.0. The third kappa shape index (κ3) is 2.20. The summed E-state index contributed by atoms with van der Waals surface area (Å²) in [6.45, 7) is 0.601. The van der Waals surface area contributed by atoms with E-state index in [9.17, 15) is 9.18 Å². The first-order chi connectivity index (χ1) is 10.1. The third-order valence-electron chi connectivity index (χ3n) is 3.59. The Hall–Kier alpha value is -2.57. The van der Waals surface area contributed by atoms with Gasteiger partial charge in [0.2, 0.25) is 0 Å². The van der Waals surface area contributed by atoms with Crippen molar-refractivity contribution in [2.24, 2.45) is 0 Å². The van der Waals surface area contributed by atoms with E-state index in [1.165, 1.54) is 19.4 Å². The first-order valence-electron chi connectivity index (χ1n) is 6.50. The molecule has 21 heavy (non-hydrogen) atoms. The van der Waals surface area contributed by atoms with Gasteiger partial charge in [0.15, 0.2) is 11.6 Å². The number of nitrogens with one attached hydrogen (secondary N) is 1. The van der Waals surface area contributed by atoms with Crippen molar-refractivity contribution in [3.8, 4) is 5.75 Å². The molecule has 6 nitrogen and oxygen atoms in total. The van der Waals surface area contributed by atoms with E-state index >= 15 is 0 Å². The average molecular weight is 291 g/mol. The van der Waals surface area contributed by atoms with E-state index in [-0.39, 0.29) is 17.4 Å². The molecule has 2 aromatic rings. The molecule has 0 saturated carbocycles. The number of ether oxygens (including phenoxy) is 1. The van der Waals surface area contributed by atoms with Crippen molar-refractivity contribution < 1.29 is 19.0 Å². The first kappa shape index (κ1) is 13.4. The molecule has 0 amide bonds. The predicted molar refractivity (Wildman–Crippen MR) is 73.4 cm³/mol. The second-order valence-corrected chi connectivity index (χ2v) is 4.78. The minimum absolute atomic E-state index is 0.119. The van der Waals surface area contributed by atoms with E-state index in [4.69, 9.17) is 9.84 Å². The normalized spacial score (nSPS) is 17.0. The molecule has 2 heterocycles. The van der Waals surface area contributed by atoms with Crippen molar-refractivity contribution in [3.63, 3.8) is 0 Å². The molecule has 0 spiro atoms. The highest BCUT2D eigenvalue weighted by molar-refractivity contribution is 5.93. The lowest BCUT2D eigenvalue weighted by molar-refractivity contribution is 0.0697. The van der Waals surface area contributed by atoms with Gasteiger partial charge < -0.3 is 15.2 Å². The summed E-state index contributed by atoms with van der Waals surface area (Å²) in [4.78, 5) is 11.1. The molecule has 1 aromatic carbocycles. The van der Waals surface area contributed by atoms with Gasteiger partial charge in [0.05, 0.1) is 19.3 Å². The quantitative estimate of drug-likeness (QED) is 0.906. The Kier molecular flexibility index (Phi) is 3.25. The number of carboxylic acids is 1. The summed E-state index contributed by atoms with van der Waals surface area (Å²) < 4.78 is 20.3. The van der Waals surface area contributed by atoms with E-state index in [2.05, 4.69) is 10.4 Å². The van der Waals surface area contributed by atoms with Gasteiger partial charge in [0.1, 0.15) is 11.4 Å². The second-order valence-electron chi connectivity index (χ2n) is 4.78. The van der Waals surface area contributed by atoms with Gasteiger partial charge in [-0.15, -0.1) is 0 Å². The number of carboxylic acid groups (broad SMARTS) is 1. The minimum atomic E-state index is -1.04. The van der Waals surface area contributed by atoms with Gasteiger partial charge in [-0.3, -0.25) is 0 Å². The molecule has 110 valence electrons. The molecule has 0 bridgehead atoms. The van der Waals surface area contributed by atoms with Gasteiger partial charge in [-0.05, 0) is 24.1 Å². The Balaban J connectivity index is 2.02. The summed E-state index contributed by atoms with van der Waals surface area (Å²) in [5, 5.41) is 16.3. The number of hydrogen-bond donors (Lipinski definition) is 2. The van der Waals surface area contributed by atoms with Gasteiger partial charge in [-0.1, -0.05) is 6.07 Å². The molecule has 1 atom stereocenters. The van der Waals surface area contributed by atoms with Crippen LogP contribution in [0.3, 0.4) is 0 Å². The Labute approximate surface area is 120 Å². The predicted octanol–water partition coefficient (Wildman–Crippen LogP) is 2.13. The number of aromatic carboxylic acids is 1. The topological polar surface area (TPSA) is 76.4 Å². The number of methoxy groups -OCH3 is 1. The van der Waals surface area contributed by atoms with E-state index in [0.29, 0.717) is 18.8 Å². The number of benzene rings is 1. The molecule has 1 aliphatic heterocycles. The van der Waals surface area contributed by atoms with Crippen LogP contribution in [-0.4, -0.2) is 34.5 Å².